The molecule has 3 N–H and O–H groups in total. The van der Waals surface area contributed by atoms with Crippen molar-refractivity contribution in [3.63, 3.8) is 0 Å². The lowest BCUT2D eigenvalue weighted by Gasteiger charge is -2.26. The van der Waals surface area contributed by atoms with Gasteiger partial charge in [-0.15, -0.1) is 0 Å². The van der Waals surface area contributed by atoms with Gasteiger partial charge in [0, 0.05) is 33.3 Å². The van der Waals surface area contributed by atoms with Gasteiger partial charge in [-0.05, 0) is 36.4 Å². The van der Waals surface area contributed by atoms with Crippen molar-refractivity contribution in [2.24, 2.45) is 0 Å². The molecule has 4 rings (SSSR count). The first-order valence-electron chi connectivity index (χ1n) is 8.23. The highest BCUT2D eigenvalue weighted by atomic mass is 35.5. The van der Waals surface area contributed by atoms with Crippen LogP contribution >= 0.6 is 23.2 Å². The fraction of sp³-hybridized carbons (Fsp3) is 0. The molecule has 0 saturated heterocycles. The number of benzene rings is 2. The molecule has 0 saturated carbocycles. The molecule has 0 spiro atoms. The number of hydrogen-bond acceptors (Lipinski definition) is 3. The van der Waals surface area contributed by atoms with E-state index in [-0.39, 0.29) is 11.6 Å². The lowest BCUT2D eigenvalue weighted by atomic mass is 10.0. The largest absolute Gasteiger partial charge is 0.477 e. The van der Waals surface area contributed by atoms with Crippen molar-refractivity contribution in [2.45, 2.75) is 0 Å². The normalized spacial score (nSPS) is 15.3. The highest BCUT2D eigenvalue weighted by Gasteiger charge is 2.24. The molecule has 3 aromatic rings. The average molecular weight is 414 g/mol. The standard InChI is InChI=1S/C20H13Cl2N3O3/c21-12-9-15(22)17-14(18(20(27)28)24-16(17)10-12)8-11-6-7-23-25(19(11)26)13-4-2-1-3-5-13/h1-10,23-24H,(H,27,28). The van der Waals surface area contributed by atoms with Gasteiger partial charge >= 0.3 is 5.97 Å². The molecule has 28 heavy (non-hydrogen) atoms. The van der Waals surface area contributed by atoms with Crippen LogP contribution in [0.1, 0.15) is 16.1 Å². The summed E-state index contributed by atoms with van der Waals surface area (Å²) in [6.07, 6.45) is 4.70. The van der Waals surface area contributed by atoms with Crippen LogP contribution in [0.5, 0.6) is 0 Å². The van der Waals surface area contributed by atoms with Crippen molar-refractivity contribution in [2.75, 3.05) is 5.01 Å². The van der Waals surface area contributed by atoms with E-state index in [1.165, 1.54) is 17.2 Å². The van der Waals surface area contributed by atoms with Gasteiger partial charge in [0.15, 0.2) is 0 Å². The molecule has 0 bridgehead atoms. The molecule has 1 aliphatic rings. The maximum atomic E-state index is 12.9. The number of carboxylic acid groups (broad SMARTS) is 1. The van der Waals surface area contributed by atoms with Crippen molar-refractivity contribution < 1.29 is 14.7 Å². The fourth-order valence-electron chi connectivity index (χ4n) is 3.08. The summed E-state index contributed by atoms with van der Waals surface area (Å²) < 4.78 is 0. The predicted molar refractivity (Wildman–Crippen MR) is 109 cm³/mol. The van der Waals surface area contributed by atoms with Crippen molar-refractivity contribution >= 4 is 57.7 Å². The Morgan fingerprint density at radius 3 is 2.61 bits per heavy atom. The van der Waals surface area contributed by atoms with E-state index in [2.05, 4.69) is 10.4 Å². The molecular formula is C20H13Cl2N3O3. The second-order valence-electron chi connectivity index (χ2n) is 6.07. The van der Waals surface area contributed by atoms with Gasteiger partial charge < -0.3 is 10.1 Å². The number of nitrogens with zero attached hydrogens (tertiary/aromatic N) is 1. The molecule has 0 radical (unpaired) electrons. The van der Waals surface area contributed by atoms with Crippen LogP contribution in [0.25, 0.3) is 17.0 Å². The SMILES string of the molecule is O=C(O)c1[nH]c2cc(Cl)cc(Cl)c2c1C=C1C=CNN(c2ccccc2)C1=O. The minimum Gasteiger partial charge on any atom is -0.477 e. The van der Waals surface area contributed by atoms with E-state index in [1.807, 2.05) is 18.2 Å². The summed E-state index contributed by atoms with van der Waals surface area (Å²) in [7, 11) is 0. The van der Waals surface area contributed by atoms with Crippen LogP contribution in [0.2, 0.25) is 10.0 Å². The highest BCUT2D eigenvalue weighted by molar-refractivity contribution is 6.39. The van der Waals surface area contributed by atoms with E-state index in [4.69, 9.17) is 23.2 Å². The number of fused-ring (bicyclic) bond motifs is 1. The summed E-state index contributed by atoms with van der Waals surface area (Å²) in [5, 5.41) is 12.1. The van der Waals surface area contributed by atoms with Gasteiger partial charge in [0.2, 0.25) is 0 Å². The molecule has 0 atom stereocenters. The maximum absolute atomic E-state index is 12.9. The zero-order valence-electron chi connectivity index (χ0n) is 14.2. The number of aromatic amines is 1. The lowest BCUT2D eigenvalue weighted by Crippen LogP contribution is -2.43. The van der Waals surface area contributed by atoms with E-state index in [9.17, 15) is 14.7 Å². The van der Waals surface area contributed by atoms with E-state index in [0.717, 1.165) is 0 Å². The Bertz CT molecular complexity index is 1170. The Morgan fingerprint density at radius 2 is 1.89 bits per heavy atom. The number of halogens is 2. The first-order chi connectivity index (χ1) is 13.5. The quantitative estimate of drug-likeness (QED) is 0.546. The number of hydrazine groups is 1. The number of amides is 1. The highest BCUT2D eigenvalue weighted by Crippen LogP contribution is 2.34. The molecule has 2 heterocycles. The predicted octanol–water partition coefficient (Wildman–Crippen LogP) is 4.62. The number of para-hydroxylation sites is 1. The summed E-state index contributed by atoms with van der Waals surface area (Å²) in [4.78, 5) is 27.5. The van der Waals surface area contributed by atoms with Crippen molar-refractivity contribution in [3.8, 4) is 0 Å². The molecule has 6 nitrogen and oxygen atoms in total. The number of aromatic carboxylic acids is 1. The van der Waals surface area contributed by atoms with E-state index in [0.29, 0.717) is 37.8 Å². The van der Waals surface area contributed by atoms with Crippen LogP contribution in [0.15, 0.2) is 60.3 Å². The van der Waals surface area contributed by atoms with Gasteiger partial charge in [0.1, 0.15) is 5.69 Å². The van der Waals surface area contributed by atoms with Gasteiger partial charge in [-0.1, -0.05) is 41.4 Å². The van der Waals surface area contributed by atoms with Crippen molar-refractivity contribution in [1.82, 2.24) is 10.4 Å². The van der Waals surface area contributed by atoms with E-state index >= 15 is 0 Å². The summed E-state index contributed by atoms with van der Waals surface area (Å²) in [6, 6.07) is 12.2. The topological polar surface area (TPSA) is 85.4 Å². The molecule has 0 aliphatic carbocycles. The Kier molecular flexibility index (Phi) is 4.58. The van der Waals surface area contributed by atoms with Gasteiger partial charge in [0.25, 0.3) is 5.91 Å². The Balaban J connectivity index is 1.86. The number of H-pyrrole nitrogens is 1. The Hall–Kier alpha value is -3.22. The van der Waals surface area contributed by atoms with Crippen LogP contribution < -0.4 is 10.4 Å². The number of nitrogens with one attached hydrogen (secondary N) is 2. The van der Waals surface area contributed by atoms with Gasteiger partial charge in [-0.3, -0.25) is 10.2 Å². The van der Waals surface area contributed by atoms with Crippen LogP contribution in [0.3, 0.4) is 0 Å². The molecule has 0 fully saturated rings. The number of anilines is 1. The molecule has 140 valence electrons. The second-order valence-corrected chi connectivity index (χ2v) is 6.91. The number of carbonyl (C=O) groups is 2. The molecule has 1 amide bonds. The molecule has 1 aliphatic heterocycles. The average Bonchev–Trinajstić information content (AvgIpc) is 3.03. The molecule has 2 aromatic carbocycles. The molecular weight excluding hydrogens is 401 g/mol. The third kappa shape index (κ3) is 3.13. The van der Waals surface area contributed by atoms with E-state index < -0.39 is 5.97 Å². The third-order valence-electron chi connectivity index (χ3n) is 4.30. The lowest BCUT2D eigenvalue weighted by molar-refractivity contribution is -0.115. The summed E-state index contributed by atoms with van der Waals surface area (Å²) in [5.41, 5.74) is 4.56. The second kappa shape index (κ2) is 7.07. The van der Waals surface area contributed by atoms with Crippen molar-refractivity contribution in [3.05, 3.63) is 81.6 Å². The smallest absolute Gasteiger partial charge is 0.352 e. The Morgan fingerprint density at radius 1 is 1.14 bits per heavy atom. The number of rotatable bonds is 3. The monoisotopic (exact) mass is 413 g/mol. The summed E-state index contributed by atoms with van der Waals surface area (Å²) in [6.45, 7) is 0. The number of carboxylic acids is 1. The fourth-order valence-corrected chi connectivity index (χ4v) is 3.68. The number of hydrogen-bond donors (Lipinski definition) is 3. The Labute approximate surface area is 169 Å². The van der Waals surface area contributed by atoms with Crippen LogP contribution in [0, 0.1) is 0 Å². The van der Waals surface area contributed by atoms with Crippen LogP contribution in [0.4, 0.5) is 5.69 Å². The number of aromatic nitrogens is 1. The van der Waals surface area contributed by atoms with Gasteiger partial charge in [-0.2, -0.15) is 0 Å². The maximum Gasteiger partial charge on any atom is 0.352 e. The third-order valence-corrected chi connectivity index (χ3v) is 4.81. The minimum atomic E-state index is -1.17. The van der Waals surface area contributed by atoms with Crippen LogP contribution in [-0.4, -0.2) is 22.0 Å². The van der Waals surface area contributed by atoms with Gasteiger partial charge in [-0.25, -0.2) is 9.80 Å². The first kappa shape index (κ1) is 18.2. The minimum absolute atomic E-state index is 0.0716. The van der Waals surface area contributed by atoms with Gasteiger partial charge in [0.05, 0.1) is 10.7 Å². The molecule has 1 aromatic heterocycles. The number of carbonyl (C=O) groups excluding carboxylic acids is 1. The molecule has 0 unspecified atom stereocenters. The summed E-state index contributed by atoms with van der Waals surface area (Å²) in [5.74, 6) is -1.50. The zero-order valence-corrected chi connectivity index (χ0v) is 15.8. The summed E-state index contributed by atoms with van der Waals surface area (Å²) >= 11 is 12.3. The molecule has 8 heteroatoms. The van der Waals surface area contributed by atoms with Crippen LogP contribution in [-0.2, 0) is 4.79 Å². The zero-order chi connectivity index (χ0) is 19.8. The van der Waals surface area contributed by atoms with E-state index in [1.54, 1.807) is 30.5 Å². The first-order valence-corrected chi connectivity index (χ1v) is 8.99. The van der Waals surface area contributed by atoms with Crippen molar-refractivity contribution in [1.29, 1.82) is 0 Å².